The lowest BCUT2D eigenvalue weighted by molar-refractivity contribution is -0.144. The molecule has 0 aliphatic carbocycles. The Labute approximate surface area is 184 Å². The molecule has 30 heavy (non-hydrogen) atoms. The molecule has 3 rings (SSSR count). The number of carbonyl (C=O) groups is 1. The zero-order valence-corrected chi connectivity index (χ0v) is 18.8. The first-order valence-electron chi connectivity index (χ1n) is 8.68. The largest absolute Gasteiger partial charge is 0.468 e. The summed E-state index contributed by atoms with van der Waals surface area (Å²) in [4.78, 5) is 12.1. The van der Waals surface area contributed by atoms with E-state index in [1.807, 2.05) is 0 Å². The van der Waals surface area contributed by atoms with Crippen molar-refractivity contribution in [3.8, 4) is 0 Å². The van der Waals surface area contributed by atoms with Crippen molar-refractivity contribution in [3.63, 3.8) is 0 Å². The lowest BCUT2D eigenvalue weighted by Gasteiger charge is -2.22. The van der Waals surface area contributed by atoms with Crippen molar-refractivity contribution < 1.29 is 26.4 Å². The van der Waals surface area contributed by atoms with Gasteiger partial charge in [0.25, 0.3) is 0 Å². The summed E-state index contributed by atoms with van der Waals surface area (Å²) in [7, 11) is -6.91. The van der Waals surface area contributed by atoms with Crippen LogP contribution >= 0.6 is 23.2 Å². The van der Waals surface area contributed by atoms with Crippen LogP contribution in [0.3, 0.4) is 0 Å². The Balaban J connectivity index is 1.88. The number of esters is 1. The van der Waals surface area contributed by atoms with Gasteiger partial charge in [0.05, 0.1) is 16.9 Å². The second kappa shape index (κ2) is 8.81. The van der Waals surface area contributed by atoms with Gasteiger partial charge in [-0.1, -0.05) is 23.2 Å². The summed E-state index contributed by atoms with van der Waals surface area (Å²) in [5, 5.41) is 0.731. The van der Waals surface area contributed by atoms with E-state index in [0.29, 0.717) is 10.0 Å². The fraction of sp³-hybridized carbons (Fsp3) is 0.278. The monoisotopic (exact) mass is 492 g/mol. The molecule has 162 valence electrons. The van der Waals surface area contributed by atoms with Crippen LogP contribution in [0.1, 0.15) is 6.42 Å². The van der Waals surface area contributed by atoms with Crippen molar-refractivity contribution in [1.29, 1.82) is 0 Å². The highest BCUT2D eigenvalue weighted by molar-refractivity contribution is 7.89. The van der Waals surface area contributed by atoms with E-state index >= 15 is 0 Å². The number of carbonyl (C=O) groups excluding carboxylic acids is 1. The first kappa shape index (κ1) is 23.0. The normalized spacial score (nSPS) is 20.2. The number of hydrogen-bond donors (Lipinski definition) is 1. The fourth-order valence-corrected chi connectivity index (χ4v) is 6.28. The van der Waals surface area contributed by atoms with E-state index in [9.17, 15) is 21.6 Å². The lowest BCUT2D eigenvalue weighted by Crippen LogP contribution is -2.41. The molecule has 1 aliphatic rings. The van der Waals surface area contributed by atoms with Crippen LogP contribution in [0, 0.1) is 0 Å². The number of rotatable bonds is 6. The molecule has 1 aliphatic heterocycles. The predicted octanol–water partition coefficient (Wildman–Crippen LogP) is 2.28. The Morgan fingerprint density at radius 3 is 1.97 bits per heavy atom. The van der Waals surface area contributed by atoms with E-state index in [0.717, 1.165) is 11.4 Å². The maximum Gasteiger partial charge on any atom is 0.324 e. The van der Waals surface area contributed by atoms with Gasteiger partial charge in [-0.3, -0.25) is 4.79 Å². The van der Waals surface area contributed by atoms with Gasteiger partial charge in [0, 0.05) is 22.6 Å². The molecule has 1 saturated heterocycles. The molecule has 2 atom stereocenters. The summed E-state index contributed by atoms with van der Waals surface area (Å²) in [5.41, 5.74) is 0. The van der Waals surface area contributed by atoms with E-state index in [2.05, 4.69) is 4.72 Å². The van der Waals surface area contributed by atoms with Crippen molar-refractivity contribution in [2.45, 2.75) is 28.3 Å². The summed E-state index contributed by atoms with van der Waals surface area (Å²) in [6.45, 7) is -0.239. The van der Waals surface area contributed by atoms with Crippen molar-refractivity contribution in [3.05, 3.63) is 58.6 Å². The lowest BCUT2D eigenvalue weighted by atomic mass is 10.2. The number of methoxy groups -OCH3 is 1. The van der Waals surface area contributed by atoms with Crippen molar-refractivity contribution in [2.24, 2.45) is 0 Å². The average molecular weight is 493 g/mol. The maximum atomic E-state index is 13.1. The number of benzene rings is 2. The molecule has 0 spiro atoms. The molecule has 1 N–H and O–H groups in total. The predicted molar refractivity (Wildman–Crippen MR) is 111 cm³/mol. The molecule has 0 radical (unpaired) electrons. The number of sulfonamides is 2. The van der Waals surface area contributed by atoms with Gasteiger partial charge in [0.2, 0.25) is 20.0 Å². The minimum Gasteiger partial charge on any atom is -0.468 e. The van der Waals surface area contributed by atoms with Crippen molar-refractivity contribution in [1.82, 2.24) is 9.03 Å². The van der Waals surface area contributed by atoms with Crippen LogP contribution in [0.2, 0.25) is 10.0 Å². The van der Waals surface area contributed by atoms with Gasteiger partial charge >= 0.3 is 5.97 Å². The molecule has 0 aromatic heterocycles. The Kier molecular flexibility index (Phi) is 6.75. The number of ether oxygens (including phenoxy) is 1. The number of nitrogens with zero attached hydrogens (tertiary/aromatic N) is 1. The first-order valence-corrected chi connectivity index (χ1v) is 12.4. The van der Waals surface area contributed by atoms with Gasteiger partial charge in [-0.05, 0) is 55.0 Å². The van der Waals surface area contributed by atoms with Gasteiger partial charge in [0.1, 0.15) is 6.04 Å². The van der Waals surface area contributed by atoms with Crippen LogP contribution < -0.4 is 4.72 Å². The van der Waals surface area contributed by atoms with Gasteiger partial charge in [0.15, 0.2) is 0 Å². The van der Waals surface area contributed by atoms with Crippen LogP contribution in [0.5, 0.6) is 0 Å². The Morgan fingerprint density at radius 1 is 0.967 bits per heavy atom. The molecule has 0 saturated carbocycles. The van der Waals surface area contributed by atoms with Crippen molar-refractivity contribution >= 4 is 49.2 Å². The molecule has 8 nitrogen and oxygen atoms in total. The highest BCUT2D eigenvalue weighted by atomic mass is 35.5. The van der Waals surface area contributed by atoms with Crippen LogP contribution in [0.4, 0.5) is 0 Å². The molecule has 0 bridgehead atoms. The van der Waals surface area contributed by atoms with E-state index < -0.39 is 38.1 Å². The Hall–Kier alpha value is -1.69. The van der Waals surface area contributed by atoms with Gasteiger partial charge in [-0.15, -0.1) is 0 Å². The first-order chi connectivity index (χ1) is 14.0. The third kappa shape index (κ3) is 4.79. The summed E-state index contributed by atoms with van der Waals surface area (Å²) >= 11 is 11.6. The van der Waals surface area contributed by atoms with Crippen LogP contribution in [-0.2, 0) is 29.6 Å². The molecule has 1 fully saturated rings. The highest BCUT2D eigenvalue weighted by Crippen LogP contribution is 2.29. The second-order valence-corrected chi connectivity index (χ2v) is 11.1. The molecular weight excluding hydrogens is 475 g/mol. The molecule has 2 aromatic rings. The molecule has 0 amide bonds. The van der Waals surface area contributed by atoms with Gasteiger partial charge < -0.3 is 4.74 Å². The van der Waals surface area contributed by atoms with Crippen LogP contribution in [0.15, 0.2) is 58.3 Å². The fourth-order valence-electron chi connectivity index (χ4n) is 3.15. The zero-order chi connectivity index (χ0) is 22.1. The van der Waals surface area contributed by atoms with E-state index in [4.69, 9.17) is 27.9 Å². The van der Waals surface area contributed by atoms with E-state index in [1.54, 1.807) is 0 Å². The maximum absolute atomic E-state index is 13.1. The van der Waals surface area contributed by atoms with E-state index in [1.165, 1.54) is 48.5 Å². The molecule has 2 aromatic carbocycles. The Bertz CT molecular complexity index is 1140. The third-order valence-electron chi connectivity index (χ3n) is 4.59. The Morgan fingerprint density at radius 2 is 1.47 bits per heavy atom. The quantitative estimate of drug-likeness (QED) is 0.619. The molecule has 1 heterocycles. The van der Waals surface area contributed by atoms with Crippen LogP contribution in [-0.4, -0.2) is 52.8 Å². The smallest absolute Gasteiger partial charge is 0.324 e. The molecular formula is C18H18Cl2N2O6S2. The minimum absolute atomic E-state index is 0.0273. The summed E-state index contributed by atoms with van der Waals surface area (Å²) in [6, 6.07) is 8.98. The molecule has 0 unspecified atom stereocenters. The third-order valence-corrected chi connectivity index (χ3v) is 8.52. The topological polar surface area (TPSA) is 110 Å². The number of halogens is 2. The average Bonchev–Trinajstić information content (AvgIpc) is 3.12. The summed E-state index contributed by atoms with van der Waals surface area (Å²) < 4.78 is 59.6. The summed E-state index contributed by atoms with van der Waals surface area (Å²) in [6.07, 6.45) is -0.0771. The standard InChI is InChI=1S/C18H18Cl2N2O6S2/c1-28-18(23)17-10-14(21-29(24,25)15-6-2-12(19)3-7-15)11-22(17)30(26,27)16-8-4-13(20)5-9-16/h2-9,14,17,21H,10-11H2,1H3/t14-,17+/m1/s1. The van der Waals surface area contributed by atoms with Gasteiger partial charge in [-0.25, -0.2) is 21.6 Å². The van der Waals surface area contributed by atoms with Gasteiger partial charge in [-0.2, -0.15) is 4.31 Å². The second-order valence-electron chi connectivity index (χ2n) is 6.58. The minimum atomic E-state index is -4.10. The molecule has 12 heteroatoms. The van der Waals surface area contributed by atoms with Crippen molar-refractivity contribution in [2.75, 3.05) is 13.7 Å². The van der Waals surface area contributed by atoms with Crippen LogP contribution in [0.25, 0.3) is 0 Å². The number of hydrogen-bond acceptors (Lipinski definition) is 6. The zero-order valence-electron chi connectivity index (χ0n) is 15.7. The highest BCUT2D eigenvalue weighted by Gasteiger charge is 2.45. The summed E-state index contributed by atoms with van der Waals surface area (Å²) in [5.74, 6) is -0.777. The SMILES string of the molecule is COC(=O)[C@@H]1C[C@@H](NS(=O)(=O)c2ccc(Cl)cc2)CN1S(=O)(=O)c1ccc(Cl)cc1. The number of nitrogens with one attached hydrogen (secondary N) is 1. The van der Waals surface area contributed by atoms with E-state index in [-0.39, 0.29) is 22.8 Å².